The highest BCUT2D eigenvalue weighted by molar-refractivity contribution is 6.38. The van der Waals surface area contributed by atoms with Gasteiger partial charge < -0.3 is 0 Å². The fourth-order valence-corrected chi connectivity index (χ4v) is 1.13. The van der Waals surface area contributed by atoms with Gasteiger partial charge in [-0.3, -0.25) is 4.98 Å². The second kappa shape index (κ2) is 2.38. The first kappa shape index (κ1) is 6.41. The van der Waals surface area contributed by atoms with Crippen LogP contribution >= 0.6 is 0 Å². The fraction of sp³-hybridized carbons (Fsp3) is 0. The summed E-state index contributed by atoms with van der Waals surface area (Å²) in [6.45, 7) is 0. The van der Waals surface area contributed by atoms with Crippen LogP contribution in [0.1, 0.15) is 0 Å². The van der Waals surface area contributed by atoms with Gasteiger partial charge in [0.1, 0.15) is 7.85 Å². The van der Waals surface area contributed by atoms with Crippen LogP contribution < -0.4 is 5.46 Å². The molecule has 0 unspecified atom stereocenters. The molecular formula is C9H6BN. The summed E-state index contributed by atoms with van der Waals surface area (Å²) in [4.78, 5) is 4.16. The van der Waals surface area contributed by atoms with Gasteiger partial charge in [-0.1, -0.05) is 23.7 Å². The van der Waals surface area contributed by atoms with Gasteiger partial charge in [-0.25, -0.2) is 0 Å². The Labute approximate surface area is 66.5 Å². The standard InChI is InChI=1S/C9H6BN/c10-8-4-1-5-9-7(8)3-2-6-11-9/h1-6H. The topological polar surface area (TPSA) is 12.9 Å². The monoisotopic (exact) mass is 139 g/mol. The smallest absolute Gasteiger partial charge is 0.114 e. The number of aromatic nitrogens is 1. The van der Waals surface area contributed by atoms with E-state index in [1.54, 1.807) is 6.20 Å². The average molecular weight is 139 g/mol. The van der Waals surface area contributed by atoms with Crippen LogP contribution in [0.4, 0.5) is 0 Å². The molecule has 0 aliphatic carbocycles. The molecule has 0 bridgehead atoms. The van der Waals surface area contributed by atoms with E-state index in [1.165, 1.54) is 0 Å². The van der Waals surface area contributed by atoms with Crippen LogP contribution in [0.3, 0.4) is 0 Å². The number of rotatable bonds is 0. The molecule has 0 amide bonds. The van der Waals surface area contributed by atoms with Gasteiger partial charge in [0.25, 0.3) is 0 Å². The molecule has 50 valence electrons. The average Bonchev–Trinajstić information content (AvgIpc) is 2.06. The maximum Gasteiger partial charge on any atom is 0.114 e. The highest BCUT2D eigenvalue weighted by atomic mass is 14.6. The minimum Gasteiger partial charge on any atom is -0.256 e. The summed E-state index contributed by atoms with van der Waals surface area (Å²) in [7, 11) is 5.72. The van der Waals surface area contributed by atoms with E-state index in [1.807, 2.05) is 30.3 Å². The zero-order valence-electron chi connectivity index (χ0n) is 5.99. The molecule has 2 heteroatoms. The van der Waals surface area contributed by atoms with E-state index < -0.39 is 0 Å². The van der Waals surface area contributed by atoms with E-state index in [-0.39, 0.29) is 0 Å². The zero-order chi connectivity index (χ0) is 7.68. The molecule has 0 atom stereocenters. The zero-order valence-corrected chi connectivity index (χ0v) is 5.99. The quantitative estimate of drug-likeness (QED) is 0.496. The Morgan fingerprint density at radius 1 is 1.09 bits per heavy atom. The van der Waals surface area contributed by atoms with Crippen molar-refractivity contribution in [3.8, 4) is 0 Å². The molecule has 1 aromatic carbocycles. The van der Waals surface area contributed by atoms with E-state index in [4.69, 9.17) is 7.85 Å². The third kappa shape index (κ3) is 1.00. The third-order valence-corrected chi connectivity index (χ3v) is 1.68. The predicted molar refractivity (Wildman–Crippen MR) is 47.1 cm³/mol. The molecule has 0 fully saturated rings. The first-order valence-corrected chi connectivity index (χ1v) is 3.47. The molecule has 2 rings (SSSR count). The highest BCUT2D eigenvalue weighted by Gasteiger charge is 1.93. The van der Waals surface area contributed by atoms with Gasteiger partial charge in [-0.2, -0.15) is 0 Å². The number of pyridine rings is 1. The number of fused-ring (bicyclic) bond motifs is 1. The van der Waals surface area contributed by atoms with Gasteiger partial charge in [0.15, 0.2) is 0 Å². The number of hydrogen-bond acceptors (Lipinski definition) is 1. The van der Waals surface area contributed by atoms with E-state index in [0.29, 0.717) is 0 Å². The molecule has 0 saturated heterocycles. The Balaban J connectivity index is 2.91. The summed E-state index contributed by atoms with van der Waals surface area (Å²) in [5, 5.41) is 1.02. The van der Waals surface area contributed by atoms with Crippen LogP contribution in [0.5, 0.6) is 0 Å². The molecule has 0 aliphatic rings. The van der Waals surface area contributed by atoms with Crippen molar-refractivity contribution >= 4 is 24.2 Å². The minimum atomic E-state index is 0.788. The highest BCUT2D eigenvalue weighted by Crippen LogP contribution is 2.05. The second-order valence-electron chi connectivity index (χ2n) is 2.42. The van der Waals surface area contributed by atoms with E-state index in [9.17, 15) is 0 Å². The minimum absolute atomic E-state index is 0.788. The summed E-state index contributed by atoms with van der Waals surface area (Å²) in [6.07, 6.45) is 1.77. The molecule has 1 nitrogen and oxygen atoms in total. The van der Waals surface area contributed by atoms with Crippen LogP contribution in [-0.2, 0) is 0 Å². The van der Waals surface area contributed by atoms with Gasteiger partial charge >= 0.3 is 0 Å². The Morgan fingerprint density at radius 2 is 2.00 bits per heavy atom. The van der Waals surface area contributed by atoms with Crippen LogP contribution in [0.15, 0.2) is 36.5 Å². The van der Waals surface area contributed by atoms with E-state index in [0.717, 1.165) is 16.4 Å². The van der Waals surface area contributed by atoms with Gasteiger partial charge in [0, 0.05) is 6.20 Å². The van der Waals surface area contributed by atoms with Crippen molar-refractivity contribution in [2.75, 3.05) is 0 Å². The van der Waals surface area contributed by atoms with Gasteiger partial charge in [0.2, 0.25) is 0 Å². The van der Waals surface area contributed by atoms with Crippen molar-refractivity contribution in [3.63, 3.8) is 0 Å². The maximum absolute atomic E-state index is 5.72. The van der Waals surface area contributed by atoms with Gasteiger partial charge in [0.05, 0.1) is 5.52 Å². The van der Waals surface area contributed by atoms with Crippen LogP contribution in [-0.4, -0.2) is 12.8 Å². The molecule has 0 aliphatic heterocycles. The molecule has 0 spiro atoms. The van der Waals surface area contributed by atoms with Crippen molar-refractivity contribution in [3.05, 3.63) is 36.5 Å². The Bertz CT molecular complexity index is 379. The summed E-state index contributed by atoms with van der Waals surface area (Å²) in [5.74, 6) is 0. The van der Waals surface area contributed by atoms with Gasteiger partial charge in [-0.05, 0) is 17.5 Å². The van der Waals surface area contributed by atoms with Crippen LogP contribution in [0, 0.1) is 0 Å². The summed E-state index contributed by atoms with van der Waals surface area (Å²) in [6, 6.07) is 9.59. The fourth-order valence-electron chi connectivity index (χ4n) is 1.13. The SMILES string of the molecule is [B]c1cccc2ncccc12. The molecule has 2 radical (unpaired) electrons. The lowest BCUT2D eigenvalue weighted by Crippen LogP contribution is -2.02. The number of benzene rings is 1. The summed E-state index contributed by atoms with van der Waals surface area (Å²) in [5.41, 5.74) is 1.74. The van der Waals surface area contributed by atoms with Crippen LogP contribution in [0.2, 0.25) is 0 Å². The molecular weight excluding hydrogens is 133 g/mol. The Hall–Kier alpha value is -1.31. The van der Waals surface area contributed by atoms with Gasteiger partial charge in [-0.15, -0.1) is 0 Å². The van der Waals surface area contributed by atoms with Crippen molar-refractivity contribution in [1.82, 2.24) is 4.98 Å². The Kier molecular flexibility index (Phi) is 1.39. The molecule has 1 aromatic heterocycles. The lowest BCUT2D eigenvalue weighted by atomic mass is 9.92. The van der Waals surface area contributed by atoms with E-state index in [2.05, 4.69) is 4.98 Å². The Morgan fingerprint density at radius 3 is 2.82 bits per heavy atom. The lowest BCUT2D eigenvalue weighted by molar-refractivity contribution is 1.42. The summed E-state index contributed by atoms with van der Waals surface area (Å²) < 4.78 is 0. The molecule has 2 aromatic rings. The van der Waals surface area contributed by atoms with Crippen molar-refractivity contribution in [2.45, 2.75) is 0 Å². The molecule has 0 saturated carbocycles. The van der Waals surface area contributed by atoms with E-state index >= 15 is 0 Å². The van der Waals surface area contributed by atoms with Crippen molar-refractivity contribution in [1.29, 1.82) is 0 Å². The normalized spacial score (nSPS) is 10.2. The first-order chi connectivity index (χ1) is 5.38. The molecule has 11 heavy (non-hydrogen) atoms. The second-order valence-corrected chi connectivity index (χ2v) is 2.42. The maximum atomic E-state index is 5.72. The number of hydrogen-bond donors (Lipinski definition) is 0. The van der Waals surface area contributed by atoms with Crippen LogP contribution in [0.25, 0.3) is 10.9 Å². The third-order valence-electron chi connectivity index (χ3n) is 1.68. The lowest BCUT2D eigenvalue weighted by Gasteiger charge is -1.98. The van der Waals surface area contributed by atoms with Crippen molar-refractivity contribution < 1.29 is 0 Å². The molecule has 0 N–H and O–H groups in total. The number of nitrogens with zero attached hydrogens (tertiary/aromatic N) is 1. The predicted octanol–water partition coefficient (Wildman–Crippen LogP) is 1.03. The molecule has 1 heterocycles. The van der Waals surface area contributed by atoms with Crippen molar-refractivity contribution in [2.24, 2.45) is 0 Å². The first-order valence-electron chi connectivity index (χ1n) is 3.47. The summed E-state index contributed by atoms with van der Waals surface area (Å²) >= 11 is 0. The largest absolute Gasteiger partial charge is 0.256 e.